The first-order valence-electron chi connectivity index (χ1n) is 6.94. The van der Waals surface area contributed by atoms with Crippen molar-refractivity contribution in [2.24, 2.45) is 0 Å². The predicted molar refractivity (Wildman–Crippen MR) is 76.6 cm³/mol. The van der Waals surface area contributed by atoms with Crippen molar-refractivity contribution >= 4 is 11.6 Å². The fourth-order valence-corrected chi connectivity index (χ4v) is 2.35. The van der Waals surface area contributed by atoms with E-state index in [1.54, 1.807) is 0 Å². The zero-order valence-corrected chi connectivity index (χ0v) is 11.7. The Bertz CT molecular complexity index is 440. The minimum absolute atomic E-state index is 0.00366. The molecule has 2 N–H and O–H groups in total. The van der Waals surface area contributed by atoms with Gasteiger partial charge in [0.05, 0.1) is 12.6 Å². The van der Waals surface area contributed by atoms with Gasteiger partial charge in [0.2, 0.25) is 0 Å². The molecule has 2 rings (SSSR count). The van der Waals surface area contributed by atoms with Gasteiger partial charge in [-0.2, -0.15) is 0 Å². The first-order valence-corrected chi connectivity index (χ1v) is 6.94. The molecule has 1 aromatic rings. The number of carbonyl (C=O) groups excluding carboxylic acids is 1. The van der Waals surface area contributed by atoms with Crippen LogP contribution in [-0.4, -0.2) is 31.7 Å². The molecule has 1 aromatic carbocycles. The van der Waals surface area contributed by atoms with Gasteiger partial charge in [0.15, 0.2) is 0 Å². The average molecular weight is 262 g/mol. The number of rotatable bonds is 4. The maximum absolute atomic E-state index is 12.2. The zero-order valence-electron chi connectivity index (χ0n) is 11.7. The summed E-state index contributed by atoms with van der Waals surface area (Å²) in [6.07, 6.45) is 2.02. The third-order valence-corrected chi connectivity index (χ3v) is 3.35. The van der Waals surface area contributed by atoms with Gasteiger partial charge in [-0.25, -0.2) is 0 Å². The second-order valence-corrected chi connectivity index (χ2v) is 4.95. The first kappa shape index (κ1) is 13.9. The van der Waals surface area contributed by atoms with E-state index in [9.17, 15) is 4.79 Å². The summed E-state index contributed by atoms with van der Waals surface area (Å²) in [4.78, 5) is 12.2. The summed E-state index contributed by atoms with van der Waals surface area (Å²) in [6.45, 7) is 6.33. The Morgan fingerprint density at radius 3 is 2.95 bits per heavy atom. The van der Waals surface area contributed by atoms with Crippen molar-refractivity contribution in [3.05, 3.63) is 29.3 Å². The minimum Gasteiger partial charge on any atom is -0.385 e. The first-order chi connectivity index (χ1) is 9.20. The molecule has 0 spiro atoms. The number of nitrogens with one attached hydrogen (secondary N) is 2. The number of carbonyl (C=O) groups is 1. The summed E-state index contributed by atoms with van der Waals surface area (Å²) in [5.41, 5.74) is 2.79. The van der Waals surface area contributed by atoms with Crippen molar-refractivity contribution in [3.8, 4) is 0 Å². The van der Waals surface area contributed by atoms with E-state index in [1.165, 1.54) is 0 Å². The third-order valence-electron chi connectivity index (χ3n) is 3.35. The van der Waals surface area contributed by atoms with Crippen molar-refractivity contribution in [3.63, 3.8) is 0 Å². The van der Waals surface area contributed by atoms with E-state index in [-0.39, 0.29) is 11.9 Å². The molecule has 1 amide bonds. The van der Waals surface area contributed by atoms with E-state index in [0.29, 0.717) is 6.61 Å². The second kappa shape index (κ2) is 6.57. The van der Waals surface area contributed by atoms with Gasteiger partial charge in [-0.3, -0.25) is 4.79 Å². The average Bonchev–Trinajstić information content (AvgIpc) is 2.40. The van der Waals surface area contributed by atoms with E-state index in [2.05, 4.69) is 17.6 Å². The van der Waals surface area contributed by atoms with E-state index in [0.717, 1.165) is 42.8 Å². The van der Waals surface area contributed by atoms with Crippen molar-refractivity contribution in [1.29, 1.82) is 0 Å². The smallest absolute Gasteiger partial charge is 0.251 e. The van der Waals surface area contributed by atoms with Crippen molar-refractivity contribution in [2.45, 2.75) is 32.7 Å². The summed E-state index contributed by atoms with van der Waals surface area (Å²) in [5.74, 6) is -0.00366. The molecule has 1 aliphatic rings. The molecule has 0 aromatic heterocycles. The predicted octanol–water partition coefficient (Wildman–Crippen LogP) is 2.34. The molecule has 1 fully saturated rings. The van der Waals surface area contributed by atoms with Crippen LogP contribution >= 0.6 is 0 Å². The Morgan fingerprint density at radius 2 is 2.32 bits per heavy atom. The van der Waals surface area contributed by atoms with Crippen LogP contribution in [0.25, 0.3) is 0 Å². The third kappa shape index (κ3) is 3.70. The number of aryl methyl sites for hydroxylation is 1. The van der Waals surface area contributed by atoms with Crippen molar-refractivity contribution in [2.75, 3.05) is 25.1 Å². The standard InChI is InChI=1S/C15H22N2O2/c1-3-16-12-6-7-14(11(2)9-12)15(18)17-13-5-4-8-19-10-13/h6-7,9,13,16H,3-5,8,10H2,1-2H3,(H,17,18). The van der Waals surface area contributed by atoms with Crippen LogP contribution in [0.3, 0.4) is 0 Å². The maximum Gasteiger partial charge on any atom is 0.251 e. The molecular formula is C15H22N2O2. The molecule has 104 valence electrons. The van der Waals surface area contributed by atoms with Crippen LogP contribution in [0.1, 0.15) is 35.7 Å². The van der Waals surface area contributed by atoms with Crippen LogP contribution in [0.15, 0.2) is 18.2 Å². The Morgan fingerprint density at radius 1 is 1.47 bits per heavy atom. The van der Waals surface area contributed by atoms with Gasteiger partial charge in [0.25, 0.3) is 5.91 Å². The monoisotopic (exact) mass is 262 g/mol. The quantitative estimate of drug-likeness (QED) is 0.875. The fraction of sp³-hybridized carbons (Fsp3) is 0.533. The highest BCUT2D eigenvalue weighted by Crippen LogP contribution is 2.16. The van der Waals surface area contributed by atoms with Crippen molar-refractivity contribution in [1.82, 2.24) is 5.32 Å². The molecule has 0 aliphatic carbocycles. The lowest BCUT2D eigenvalue weighted by molar-refractivity contribution is 0.0624. The molecule has 1 saturated heterocycles. The lowest BCUT2D eigenvalue weighted by Crippen LogP contribution is -2.40. The van der Waals surface area contributed by atoms with E-state index < -0.39 is 0 Å². The van der Waals surface area contributed by atoms with Crippen molar-refractivity contribution < 1.29 is 9.53 Å². The Balaban J connectivity index is 2.01. The Hall–Kier alpha value is -1.55. The highest BCUT2D eigenvalue weighted by Gasteiger charge is 2.18. The summed E-state index contributed by atoms with van der Waals surface area (Å²) in [6, 6.07) is 5.99. The number of anilines is 1. The van der Waals surface area contributed by atoms with Gasteiger partial charge in [-0.15, -0.1) is 0 Å². The van der Waals surface area contributed by atoms with Crippen LogP contribution in [-0.2, 0) is 4.74 Å². The maximum atomic E-state index is 12.2. The number of ether oxygens (including phenoxy) is 1. The molecule has 4 nitrogen and oxygen atoms in total. The van der Waals surface area contributed by atoms with Crippen LogP contribution < -0.4 is 10.6 Å². The minimum atomic E-state index is -0.00366. The number of amides is 1. The van der Waals surface area contributed by atoms with Crippen LogP contribution in [0, 0.1) is 6.92 Å². The Labute approximate surface area is 114 Å². The Kier molecular flexibility index (Phi) is 4.80. The van der Waals surface area contributed by atoms with Gasteiger partial charge in [-0.05, 0) is 50.5 Å². The number of benzene rings is 1. The molecule has 0 bridgehead atoms. The topological polar surface area (TPSA) is 50.4 Å². The summed E-state index contributed by atoms with van der Waals surface area (Å²) in [7, 11) is 0. The highest BCUT2D eigenvalue weighted by atomic mass is 16.5. The van der Waals surface area contributed by atoms with Crippen LogP contribution in [0.5, 0.6) is 0 Å². The fourth-order valence-electron chi connectivity index (χ4n) is 2.35. The lowest BCUT2D eigenvalue weighted by Gasteiger charge is -2.23. The molecule has 1 atom stereocenters. The molecule has 0 saturated carbocycles. The molecule has 19 heavy (non-hydrogen) atoms. The normalized spacial score (nSPS) is 18.9. The number of hydrogen-bond acceptors (Lipinski definition) is 3. The van der Waals surface area contributed by atoms with Crippen LogP contribution in [0.2, 0.25) is 0 Å². The van der Waals surface area contributed by atoms with Gasteiger partial charge >= 0.3 is 0 Å². The van der Waals surface area contributed by atoms with E-state index in [1.807, 2.05) is 25.1 Å². The summed E-state index contributed by atoms with van der Waals surface area (Å²) in [5, 5.41) is 6.29. The molecule has 1 unspecified atom stereocenters. The van der Waals surface area contributed by atoms with Gasteiger partial charge in [0, 0.05) is 24.4 Å². The SMILES string of the molecule is CCNc1ccc(C(=O)NC2CCCOC2)c(C)c1. The summed E-state index contributed by atoms with van der Waals surface area (Å²) < 4.78 is 5.38. The molecule has 1 heterocycles. The largest absolute Gasteiger partial charge is 0.385 e. The molecule has 4 heteroatoms. The number of hydrogen-bond donors (Lipinski definition) is 2. The highest BCUT2D eigenvalue weighted by molar-refractivity contribution is 5.96. The van der Waals surface area contributed by atoms with Crippen LogP contribution in [0.4, 0.5) is 5.69 Å². The lowest BCUT2D eigenvalue weighted by atomic mass is 10.1. The van der Waals surface area contributed by atoms with E-state index in [4.69, 9.17) is 4.74 Å². The molecular weight excluding hydrogens is 240 g/mol. The van der Waals surface area contributed by atoms with E-state index >= 15 is 0 Å². The summed E-state index contributed by atoms with van der Waals surface area (Å²) >= 11 is 0. The van der Waals surface area contributed by atoms with Gasteiger partial charge < -0.3 is 15.4 Å². The molecule has 1 aliphatic heterocycles. The van der Waals surface area contributed by atoms with Gasteiger partial charge in [-0.1, -0.05) is 0 Å². The zero-order chi connectivity index (χ0) is 13.7. The second-order valence-electron chi connectivity index (χ2n) is 4.95. The molecule has 0 radical (unpaired) electrons. The van der Waals surface area contributed by atoms with Gasteiger partial charge in [0.1, 0.15) is 0 Å².